The van der Waals surface area contributed by atoms with E-state index in [0.29, 0.717) is 12.8 Å². The molecule has 122 valence electrons. The zero-order valence-electron chi connectivity index (χ0n) is 13.0. The Hall–Kier alpha value is -2.38. The first kappa shape index (κ1) is 17.7. The number of aromatic nitrogens is 2. The molecule has 1 rings (SSSR count). The number of carbonyl (C=O) groups excluding carboxylic acids is 1. The number of amides is 1. The van der Waals surface area contributed by atoms with E-state index in [1.807, 2.05) is 0 Å². The van der Waals surface area contributed by atoms with Crippen LogP contribution < -0.4 is 16.6 Å². The molecule has 2 N–H and O–H groups in total. The van der Waals surface area contributed by atoms with E-state index in [0.717, 1.165) is 9.13 Å². The van der Waals surface area contributed by atoms with Crippen LogP contribution in [0.15, 0.2) is 21.9 Å². The number of aliphatic carboxylic acids is 1. The number of nitrogens with one attached hydrogen (secondary N) is 1. The van der Waals surface area contributed by atoms with Crippen LogP contribution in [0.2, 0.25) is 0 Å². The Balaban J connectivity index is 2.80. The summed E-state index contributed by atoms with van der Waals surface area (Å²) in [5, 5.41) is 11.8. The predicted molar refractivity (Wildman–Crippen MR) is 79.6 cm³/mol. The summed E-state index contributed by atoms with van der Waals surface area (Å²) in [5.41, 5.74) is -2.06. The van der Waals surface area contributed by atoms with E-state index in [-0.39, 0.29) is 13.1 Å². The van der Waals surface area contributed by atoms with Gasteiger partial charge in [0, 0.05) is 25.9 Å². The number of hydrogen-bond donors (Lipinski definition) is 2. The Morgan fingerprint density at radius 1 is 1.27 bits per heavy atom. The van der Waals surface area contributed by atoms with Crippen molar-refractivity contribution in [2.45, 2.75) is 33.2 Å². The predicted octanol–water partition coefficient (Wildman–Crippen LogP) is -0.446. The molecule has 0 saturated heterocycles. The largest absolute Gasteiger partial charge is 0.481 e. The molecule has 0 unspecified atom stereocenters. The Kier molecular flexibility index (Phi) is 5.67. The van der Waals surface area contributed by atoms with Crippen LogP contribution in [0.5, 0.6) is 0 Å². The lowest BCUT2D eigenvalue weighted by molar-refractivity contribution is -0.149. The van der Waals surface area contributed by atoms with Crippen molar-refractivity contribution in [1.82, 2.24) is 14.5 Å². The number of hydrogen-bond acceptors (Lipinski definition) is 4. The van der Waals surface area contributed by atoms with Crippen LogP contribution >= 0.6 is 0 Å². The molecule has 0 spiro atoms. The van der Waals surface area contributed by atoms with Crippen LogP contribution in [0, 0.1) is 5.41 Å². The Labute approximate surface area is 127 Å². The standard InChI is InChI=1S/C14H21N3O5/c1-4-14(5-2,12(20)21)9-15-10(18)8-17-7-6-11(19)16(3)13(17)22/h6-7H,4-5,8-9H2,1-3H3,(H,15,18)(H,20,21). The van der Waals surface area contributed by atoms with Crippen molar-refractivity contribution in [1.29, 1.82) is 0 Å². The molecule has 0 atom stereocenters. The fourth-order valence-corrected chi connectivity index (χ4v) is 2.09. The second-order valence-electron chi connectivity index (χ2n) is 5.19. The Morgan fingerprint density at radius 2 is 1.86 bits per heavy atom. The maximum atomic E-state index is 11.9. The van der Waals surface area contributed by atoms with Crippen LogP contribution in [0.3, 0.4) is 0 Å². The van der Waals surface area contributed by atoms with Gasteiger partial charge in [-0.2, -0.15) is 0 Å². The SMILES string of the molecule is CCC(CC)(CNC(=O)Cn1ccc(=O)n(C)c1=O)C(=O)O. The van der Waals surface area contributed by atoms with Crippen LogP contribution in [0.4, 0.5) is 0 Å². The fraction of sp³-hybridized carbons (Fsp3) is 0.571. The van der Waals surface area contributed by atoms with Crippen molar-refractivity contribution in [3.8, 4) is 0 Å². The zero-order valence-corrected chi connectivity index (χ0v) is 13.0. The number of rotatable bonds is 7. The fourth-order valence-electron chi connectivity index (χ4n) is 2.09. The first-order valence-corrected chi connectivity index (χ1v) is 7.04. The average molecular weight is 311 g/mol. The number of carbonyl (C=O) groups is 2. The molecule has 0 fully saturated rings. The highest BCUT2D eigenvalue weighted by atomic mass is 16.4. The molecule has 1 amide bonds. The highest BCUT2D eigenvalue weighted by Crippen LogP contribution is 2.25. The van der Waals surface area contributed by atoms with Crippen LogP contribution in [0.1, 0.15) is 26.7 Å². The van der Waals surface area contributed by atoms with E-state index < -0.39 is 28.5 Å². The normalized spacial score (nSPS) is 11.2. The van der Waals surface area contributed by atoms with Gasteiger partial charge in [0.25, 0.3) is 5.56 Å². The van der Waals surface area contributed by atoms with Crippen molar-refractivity contribution in [2.75, 3.05) is 6.54 Å². The quantitative estimate of drug-likeness (QED) is 0.709. The van der Waals surface area contributed by atoms with Gasteiger partial charge in [-0.05, 0) is 12.8 Å². The van der Waals surface area contributed by atoms with E-state index in [1.165, 1.54) is 19.3 Å². The maximum absolute atomic E-state index is 11.9. The summed E-state index contributed by atoms with van der Waals surface area (Å²) >= 11 is 0. The van der Waals surface area contributed by atoms with Gasteiger partial charge in [-0.3, -0.25) is 23.5 Å². The van der Waals surface area contributed by atoms with Gasteiger partial charge >= 0.3 is 11.7 Å². The third-order valence-electron chi connectivity index (χ3n) is 4.01. The van der Waals surface area contributed by atoms with Gasteiger partial charge in [0.2, 0.25) is 5.91 Å². The van der Waals surface area contributed by atoms with Crippen molar-refractivity contribution in [3.05, 3.63) is 33.1 Å². The number of carboxylic acid groups (broad SMARTS) is 1. The van der Waals surface area contributed by atoms with Crippen LogP contribution in [0.25, 0.3) is 0 Å². The third-order valence-corrected chi connectivity index (χ3v) is 4.01. The molecule has 1 aromatic heterocycles. The lowest BCUT2D eigenvalue weighted by Crippen LogP contribution is -2.45. The molecule has 0 aliphatic carbocycles. The molecule has 0 bridgehead atoms. The van der Waals surface area contributed by atoms with Crippen molar-refractivity contribution < 1.29 is 14.7 Å². The summed E-state index contributed by atoms with van der Waals surface area (Å²) in [6.07, 6.45) is 2.02. The molecule has 8 nitrogen and oxygen atoms in total. The summed E-state index contributed by atoms with van der Waals surface area (Å²) in [4.78, 5) is 46.3. The Bertz CT molecular complexity index is 670. The monoisotopic (exact) mass is 311 g/mol. The minimum absolute atomic E-state index is 0.00528. The van der Waals surface area contributed by atoms with Gasteiger partial charge in [0.05, 0.1) is 5.41 Å². The molecular formula is C14H21N3O5. The van der Waals surface area contributed by atoms with Gasteiger partial charge in [-0.15, -0.1) is 0 Å². The van der Waals surface area contributed by atoms with Gasteiger partial charge in [-0.1, -0.05) is 13.8 Å². The smallest absolute Gasteiger partial charge is 0.331 e. The maximum Gasteiger partial charge on any atom is 0.331 e. The van der Waals surface area contributed by atoms with E-state index >= 15 is 0 Å². The number of carboxylic acids is 1. The second kappa shape index (κ2) is 7.06. The summed E-state index contributed by atoms with van der Waals surface area (Å²) in [5.74, 6) is -1.44. The molecule has 1 heterocycles. The van der Waals surface area contributed by atoms with E-state index in [4.69, 9.17) is 0 Å². The zero-order chi connectivity index (χ0) is 16.9. The number of nitrogens with zero attached hydrogens (tertiary/aromatic N) is 2. The van der Waals surface area contributed by atoms with Crippen molar-refractivity contribution in [3.63, 3.8) is 0 Å². The van der Waals surface area contributed by atoms with Crippen LogP contribution in [-0.4, -0.2) is 32.7 Å². The first-order chi connectivity index (χ1) is 10.3. The molecule has 8 heteroatoms. The highest BCUT2D eigenvalue weighted by molar-refractivity contribution is 5.78. The summed E-state index contributed by atoms with van der Waals surface area (Å²) in [6, 6.07) is 1.19. The topological polar surface area (TPSA) is 110 Å². The van der Waals surface area contributed by atoms with Crippen molar-refractivity contribution >= 4 is 11.9 Å². The molecular weight excluding hydrogens is 290 g/mol. The van der Waals surface area contributed by atoms with E-state index in [1.54, 1.807) is 13.8 Å². The highest BCUT2D eigenvalue weighted by Gasteiger charge is 2.35. The summed E-state index contributed by atoms with van der Waals surface area (Å²) < 4.78 is 1.99. The van der Waals surface area contributed by atoms with Gasteiger partial charge in [0.1, 0.15) is 6.54 Å². The minimum atomic E-state index is -1.01. The van der Waals surface area contributed by atoms with E-state index in [9.17, 15) is 24.3 Å². The summed E-state index contributed by atoms with van der Waals surface area (Å²) in [6.45, 7) is 3.23. The lowest BCUT2D eigenvalue weighted by atomic mass is 9.82. The minimum Gasteiger partial charge on any atom is -0.481 e. The first-order valence-electron chi connectivity index (χ1n) is 7.04. The van der Waals surface area contributed by atoms with Gasteiger partial charge in [0.15, 0.2) is 0 Å². The molecule has 0 saturated carbocycles. The molecule has 1 aromatic rings. The lowest BCUT2D eigenvalue weighted by Gasteiger charge is -2.26. The summed E-state index contributed by atoms with van der Waals surface area (Å²) in [7, 11) is 1.32. The Morgan fingerprint density at radius 3 is 2.36 bits per heavy atom. The second-order valence-corrected chi connectivity index (χ2v) is 5.19. The average Bonchev–Trinajstić information content (AvgIpc) is 2.49. The molecule has 0 aliphatic rings. The molecule has 0 radical (unpaired) electrons. The van der Waals surface area contributed by atoms with Crippen molar-refractivity contribution in [2.24, 2.45) is 12.5 Å². The molecule has 0 aliphatic heterocycles. The third kappa shape index (κ3) is 3.63. The molecule has 22 heavy (non-hydrogen) atoms. The van der Waals surface area contributed by atoms with Crippen LogP contribution in [-0.2, 0) is 23.2 Å². The molecule has 0 aromatic carbocycles. The van der Waals surface area contributed by atoms with E-state index in [2.05, 4.69) is 5.32 Å². The van der Waals surface area contributed by atoms with Gasteiger partial charge in [-0.25, -0.2) is 4.79 Å². The van der Waals surface area contributed by atoms with Gasteiger partial charge < -0.3 is 10.4 Å².